The first-order chi connectivity index (χ1) is 16.6. The van der Waals surface area contributed by atoms with Crippen LogP contribution in [0.3, 0.4) is 0 Å². The van der Waals surface area contributed by atoms with Crippen molar-refractivity contribution >= 4 is 23.5 Å². The Balaban J connectivity index is 1.33. The van der Waals surface area contributed by atoms with E-state index in [-0.39, 0.29) is 18.4 Å². The molecule has 0 saturated carbocycles. The van der Waals surface area contributed by atoms with E-state index in [1.165, 1.54) is 12.4 Å². The van der Waals surface area contributed by atoms with Crippen molar-refractivity contribution in [1.82, 2.24) is 19.7 Å². The molecule has 0 aliphatic carbocycles. The smallest absolute Gasteiger partial charge is 0.339 e. The number of carbonyl (C=O) groups excluding carboxylic acids is 2. The van der Waals surface area contributed by atoms with Crippen molar-refractivity contribution in [3.05, 3.63) is 66.0 Å². The molecule has 1 saturated heterocycles. The van der Waals surface area contributed by atoms with Gasteiger partial charge in [-0.15, -0.1) is 0 Å². The number of nitrogens with one attached hydrogen (secondary N) is 1. The summed E-state index contributed by atoms with van der Waals surface area (Å²) in [6.07, 6.45) is 2.97. The van der Waals surface area contributed by atoms with Crippen LogP contribution in [0, 0.1) is 11.3 Å². The van der Waals surface area contributed by atoms with E-state index in [4.69, 9.17) is 4.74 Å². The summed E-state index contributed by atoms with van der Waals surface area (Å²) < 4.78 is 6.54. The van der Waals surface area contributed by atoms with Gasteiger partial charge in [-0.05, 0) is 31.2 Å². The number of amides is 1. The fourth-order valence-corrected chi connectivity index (χ4v) is 3.73. The van der Waals surface area contributed by atoms with Gasteiger partial charge in [0.2, 0.25) is 5.91 Å². The van der Waals surface area contributed by atoms with Gasteiger partial charge in [-0.2, -0.15) is 10.4 Å². The molecule has 1 aliphatic heterocycles. The largest absolute Gasteiger partial charge is 0.462 e. The molecule has 0 radical (unpaired) electrons. The van der Waals surface area contributed by atoms with Crippen LogP contribution >= 0.6 is 0 Å². The Morgan fingerprint density at radius 1 is 1.09 bits per heavy atom. The molecule has 34 heavy (non-hydrogen) atoms. The maximum Gasteiger partial charge on any atom is 0.339 e. The number of rotatable bonds is 7. The third kappa shape index (κ3) is 5.22. The summed E-state index contributed by atoms with van der Waals surface area (Å²) >= 11 is 0. The van der Waals surface area contributed by atoms with Gasteiger partial charge in [0.05, 0.1) is 30.6 Å². The van der Waals surface area contributed by atoms with Crippen LogP contribution < -0.4 is 10.2 Å². The quantitative estimate of drug-likeness (QED) is 0.534. The molecule has 10 nitrogen and oxygen atoms in total. The summed E-state index contributed by atoms with van der Waals surface area (Å²) in [6, 6.07) is 14.9. The second kappa shape index (κ2) is 10.6. The first-order valence-electron chi connectivity index (χ1n) is 11.0. The van der Waals surface area contributed by atoms with E-state index in [1.54, 1.807) is 17.7 Å². The average Bonchev–Trinajstić information content (AvgIpc) is 3.27. The number of carbonyl (C=O) groups is 2. The normalized spacial score (nSPS) is 13.8. The fraction of sp³-hybridized carbons (Fsp3) is 0.292. The SMILES string of the molecule is CCOC(=O)c1ccc(N2CCN(CC(=O)Nc3c(C#N)cnn3-c3ccccc3)CC2)nc1. The van der Waals surface area contributed by atoms with Gasteiger partial charge in [0.1, 0.15) is 17.5 Å². The molecule has 1 aromatic carbocycles. The van der Waals surface area contributed by atoms with Crippen LogP contribution in [0.4, 0.5) is 11.6 Å². The number of nitrogens with zero attached hydrogens (tertiary/aromatic N) is 6. The van der Waals surface area contributed by atoms with E-state index in [0.29, 0.717) is 49.7 Å². The summed E-state index contributed by atoms with van der Waals surface area (Å²) in [4.78, 5) is 33.1. The van der Waals surface area contributed by atoms with Gasteiger partial charge in [0, 0.05) is 32.4 Å². The number of benzene rings is 1. The Morgan fingerprint density at radius 2 is 1.85 bits per heavy atom. The van der Waals surface area contributed by atoms with Crippen molar-refractivity contribution in [2.75, 3.05) is 49.5 Å². The molecule has 3 heterocycles. The lowest BCUT2D eigenvalue weighted by molar-refractivity contribution is -0.117. The molecule has 2 aromatic heterocycles. The van der Waals surface area contributed by atoms with Crippen LogP contribution in [0.1, 0.15) is 22.8 Å². The predicted molar refractivity (Wildman–Crippen MR) is 126 cm³/mol. The van der Waals surface area contributed by atoms with Crippen molar-refractivity contribution < 1.29 is 14.3 Å². The minimum atomic E-state index is -0.384. The highest BCUT2D eigenvalue weighted by Gasteiger charge is 2.22. The zero-order valence-corrected chi connectivity index (χ0v) is 18.8. The number of esters is 1. The van der Waals surface area contributed by atoms with Crippen molar-refractivity contribution in [1.29, 1.82) is 5.26 Å². The average molecular weight is 460 g/mol. The van der Waals surface area contributed by atoms with Gasteiger partial charge < -0.3 is 15.0 Å². The second-order valence-corrected chi connectivity index (χ2v) is 7.70. The summed E-state index contributed by atoms with van der Waals surface area (Å²) in [5, 5.41) is 16.5. The summed E-state index contributed by atoms with van der Waals surface area (Å²) in [5.41, 5.74) is 1.49. The highest BCUT2D eigenvalue weighted by Crippen LogP contribution is 2.20. The van der Waals surface area contributed by atoms with Crippen LogP contribution in [-0.4, -0.2) is 70.9 Å². The van der Waals surface area contributed by atoms with E-state index >= 15 is 0 Å². The zero-order valence-electron chi connectivity index (χ0n) is 18.8. The molecular weight excluding hydrogens is 434 g/mol. The molecule has 0 spiro atoms. The first-order valence-corrected chi connectivity index (χ1v) is 11.0. The monoisotopic (exact) mass is 459 g/mol. The number of hydrogen-bond donors (Lipinski definition) is 1. The standard InChI is InChI=1S/C24H25N7O3/c1-2-34-24(33)18-8-9-21(26-15-18)30-12-10-29(11-13-30)17-22(32)28-23-19(14-25)16-27-31(23)20-6-4-3-5-7-20/h3-9,15-16H,2,10-13,17H2,1H3,(H,28,32). The van der Waals surface area contributed by atoms with Gasteiger partial charge in [0.25, 0.3) is 0 Å². The van der Waals surface area contributed by atoms with Crippen LogP contribution in [0.15, 0.2) is 54.9 Å². The van der Waals surface area contributed by atoms with E-state index in [1.807, 2.05) is 41.3 Å². The highest BCUT2D eigenvalue weighted by atomic mass is 16.5. The van der Waals surface area contributed by atoms with E-state index in [0.717, 1.165) is 11.5 Å². The molecule has 4 rings (SSSR count). The Hall–Kier alpha value is -4.23. The van der Waals surface area contributed by atoms with E-state index < -0.39 is 0 Å². The molecular formula is C24H25N7O3. The van der Waals surface area contributed by atoms with Crippen LogP contribution in [0.5, 0.6) is 0 Å². The maximum atomic E-state index is 12.8. The number of hydrogen-bond acceptors (Lipinski definition) is 8. The van der Waals surface area contributed by atoms with Gasteiger partial charge in [0.15, 0.2) is 5.82 Å². The van der Waals surface area contributed by atoms with Crippen molar-refractivity contribution in [2.24, 2.45) is 0 Å². The number of pyridine rings is 1. The number of piperazine rings is 1. The highest BCUT2D eigenvalue weighted by molar-refractivity contribution is 5.93. The molecule has 1 fully saturated rings. The Kier molecular flexibility index (Phi) is 7.15. The van der Waals surface area contributed by atoms with Crippen molar-refractivity contribution in [3.8, 4) is 11.8 Å². The van der Waals surface area contributed by atoms with Gasteiger partial charge in [-0.25, -0.2) is 14.5 Å². The molecule has 3 aromatic rings. The number of nitriles is 1. The Labute approximate surface area is 197 Å². The molecule has 0 atom stereocenters. The zero-order chi connectivity index (χ0) is 23.9. The van der Waals surface area contributed by atoms with Gasteiger partial charge in [-0.1, -0.05) is 18.2 Å². The summed E-state index contributed by atoms with van der Waals surface area (Å²) in [5.74, 6) is 0.552. The molecule has 1 amide bonds. The third-order valence-electron chi connectivity index (χ3n) is 5.47. The number of anilines is 2. The first kappa shape index (κ1) is 22.9. The third-order valence-corrected chi connectivity index (χ3v) is 5.47. The topological polar surface area (TPSA) is 116 Å². The second-order valence-electron chi connectivity index (χ2n) is 7.70. The molecule has 10 heteroatoms. The number of aromatic nitrogens is 3. The number of ether oxygens (including phenoxy) is 1. The Bertz CT molecular complexity index is 1180. The minimum Gasteiger partial charge on any atom is -0.462 e. The Morgan fingerprint density at radius 3 is 2.50 bits per heavy atom. The fourth-order valence-electron chi connectivity index (χ4n) is 3.73. The predicted octanol–water partition coefficient (Wildman–Crippen LogP) is 2.08. The lowest BCUT2D eigenvalue weighted by Crippen LogP contribution is -2.49. The minimum absolute atomic E-state index is 0.202. The summed E-state index contributed by atoms with van der Waals surface area (Å²) in [6.45, 7) is 5.04. The molecule has 0 unspecified atom stereocenters. The van der Waals surface area contributed by atoms with Crippen molar-refractivity contribution in [2.45, 2.75) is 6.92 Å². The van der Waals surface area contributed by atoms with Crippen LogP contribution in [-0.2, 0) is 9.53 Å². The van der Waals surface area contributed by atoms with E-state index in [9.17, 15) is 14.9 Å². The van der Waals surface area contributed by atoms with Crippen molar-refractivity contribution in [3.63, 3.8) is 0 Å². The van der Waals surface area contributed by atoms with Crippen LogP contribution in [0.2, 0.25) is 0 Å². The maximum absolute atomic E-state index is 12.8. The van der Waals surface area contributed by atoms with E-state index in [2.05, 4.69) is 26.4 Å². The number of para-hydroxylation sites is 1. The lowest BCUT2D eigenvalue weighted by atomic mass is 10.2. The molecule has 174 valence electrons. The molecule has 1 N–H and O–H groups in total. The molecule has 1 aliphatic rings. The molecule has 0 bridgehead atoms. The van der Waals surface area contributed by atoms with Gasteiger partial charge in [-0.3, -0.25) is 9.69 Å². The van der Waals surface area contributed by atoms with Gasteiger partial charge >= 0.3 is 5.97 Å². The lowest BCUT2D eigenvalue weighted by Gasteiger charge is -2.35. The summed E-state index contributed by atoms with van der Waals surface area (Å²) in [7, 11) is 0. The van der Waals surface area contributed by atoms with Crippen LogP contribution in [0.25, 0.3) is 5.69 Å².